The Morgan fingerprint density at radius 1 is 1.35 bits per heavy atom. The largest absolute Gasteiger partial charge is 0.376 e. The third-order valence-corrected chi connectivity index (χ3v) is 5.51. The third kappa shape index (κ3) is 3.64. The zero-order valence-electron chi connectivity index (χ0n) is 10.4. The van der Waals surface area contributed by atoms with E-state index < -0.39 is 10.0 Å². The van der Waals surface area contributed by atoms with Crippen LogP contribution in [0.15, 0.2) is 0 Å². The summed E-state index contributed by atoms with van der Waals surface area (Å²) in [6, 6.07) is 0. The second-order valence-electron chi connectivity index (χ2n) is 5.01. The molecular formula is C11H22N2O3S. The Hall–Kier alpha value is -0.170. The molecule has 2 fully saturated rings. The Bertz CT molecular complexity index is 339. The number of hydrogen-bond acceptors (Lipinski definition) is 4. The molecule has 2 saturated heterocycles. The van der Waals surface area contributed by atoms with Gasteiger partial charge in [0.1, 0.15) is 0 Å². The van der Waals surface area contributed by atoms with Crippen LogP contribution in [-0.2, 0) is 14.8 Å². The van der Waals surface area contributed by atoms with E-state index in [2.05, 4.69) is 5.32 Å². The summed E-state index contributed by atoms with van der Waals surface area (Å²) in [6.07, 6.45) is 1.96. The standard InChI is InChI=1S/C11H22N2O3S/c1-10-8-13(6-7-16-10)17(14,15)9-11-2-4-12-5-3-11/h10-12H,2-9H2,1H3. The van der Waals surface area contributed by atoms with Gasteiger partial charge in [-0.15, -0.1) is 0 Å². The summed E-state index contributed by atoms with van der Waals surface area (Å²) < 4.78 is 31.5. The van der Waals surface area contributed by atoms with Gasteiger partial charge in [0.05, 0.1) is 18.5 Å². The van der Waals surface area contributed by atoms with E-state index in [9.17, 15) is 8.42 Å². The van der Waals surface area contributed by atoms with Gasteiger partial charge in [-0.05, 0) is 38.8 Å². The zero-order valence-corrected chi connectivity index (χ0v) is 11.2. The molecule has 0 aliphatic carbocycles. The Morgan fingerprint density at radius 3 is 2.71 bits per heavy atom. The van der Waals surface area contributed by atoms with Crippen LogP contribution in [-0.4, -0.2) is 57.4 Å². The smallest absolute Gasteiger partial charge is 0.214 e. The molecule has 100 valence electrons. The van der Waals surface area contributed by atoms with Gasteiger partial charge in [0.2, 0.25) is 10.0 Å². The zero-order chi connectivity index (χ0) is 12.3. The molecule has 2 aliphatic heterocycles. The molecule has 0 aromatic rings. The Kier molecular flexibility index (Phi) is 4.41. The number of ether oxygens (including phenoxy) is 1. The third-order valence-electron chi connectivity index (χ3n) is 3.50. The van der Waals surface area contributed by atoms with Crippen molar-refractivity contribution in [3.8, 4) is 0 Å². The first kappa shape index (κ1) is 13.3. The Morgan fingerprint density at radius 2 is 2.06 bits per heavy atom. The van der Waals surface area contributed by atoms with Gasteiger partial charge in [-0.1, -0.05) is 0 Å². The summed E-state index contributed by atoms with van der Waals surface area (Å²) in [7, 11) is -3.09. The first-order valence-corrected chi connectivity index (χ1v) is 7.99. The molecule has 6 heteroatoms. The van der Waals surface area contributed by atoms with Gasteiger partial charge < -0.3 is 10.1 Å². The maximum absolute atomic E-state index is 12.2. The van der Waals surface area contributed by atoms with Crippen LogP contribution >= 0.6 is 0 Å². The maximum Gasteiger partial charge on any atom is 0.214 e. The van der Waals surface area contributed by atoms with Crippen molar-refractivity contribution in [2.45, 2.75) is 25.9 Å². The van der Waals surface area contributed by atoms with E-state index in [1.807, 2.05) is 6.92 Å². The highest BCUT2D eigenvalue weighted by atomic mass is 32.2. The minimum absolute atomic E-state index is 0.0200. The van der Waals surface area contributed by atoms with Crippen LogP contribution < -0.4 is 5.32 Å². The molecule has 1 N–H and O–H groups in total. The van der Waals surface area contributed by atoms with Gasteiger partial charge in [0.25, 0.3) is 0 Å². The fourth-order valence-electron chi connectivity index (χ4n) is 2.49. The number of sulfonamides is 1. The predicted molar refractivity (Wildman–Crippen MR) is 66.4 cm³/mol. The minimum Gasteiger partial charge on any atom is -0.376 e. The highest BCUT2D eigenvalue weighted by Crippen LogP contribution is 2.18. The number of morpholine rings is 1. The van der Waals surface area contributed by atoms with E-state index in [1.54, 1.807) is 4.31 Å². The SMILES string of the molecule is CC1CN(S(=O)(=O)CC2CCNCC2)CCO1. The van der Waals surface area contributed by atoms with Crippen LogP contribution in [0.2, 0.25) is 0 Å². The Balaban J connectivity index is 1.92. The minimum atomic E-state index is -3.09. The first-order chi connectivity index (χ1) is 8.08. The Labute approximate surface area is 104 Å². The van der Waals surface area contributed by atoms with E-state index >= 15 is 0 Å². The number of hydrogen-bond donors (Lipinski definition) is 1. The van der Waals surface area contributed by atoms with Crippen LogP contribution in [0.3, 0.4) is 0 Å². The van der Waals surface area contributed by atoms with E-state index in [0.29, 0.717) is 31.4 Å². The molecule has 2 heterocycles. The van der Waals surface area contributed by atoms with Crippen molar-refractivity contribution < 1.29 is 13.2 Å². The number of nitrogens with zero attached hydrogens (tertiary/aromatic N) is 1. The molecule has 1 unspecified atom stereocenters. The molecule has 0 saturated carbocycles. The highest BCUT2D eigenvalue weighted by molar-refractivity contribution is 7.89. The molecule has 2 aliphatic rings. The summed E-state index contributed by atoms with van der Waals surface area (Å²) >= 11 is 0. The normalized spacial score (nSPS) is 29.4. The van der Waals surface area contributed by atoms with Crippen molar-refractivity contribution in [3.63, 3.8) is 0 Å². The summed E-state index contributed by atoms with van der Waals surface area (Å²) in [5, 5.41) is 3.26. The van der Waals surface area contributed by atoms with Gasteiger partial charge in [0, 0.05) is 13.1 Å². The lowest BCUT2D eigenvalue weighted by Crippen LogP contribution is -2.46. The quantitative estimate of drug-likeness (QED) is 0.780. The maximum atomic E-state index is 12.2. The second-order valence-corrected chi connectivity index (χ2v) is 7.02. The lowest BCUT2D eigenvalue weighted by atomic mass is 10.0. The molecule has 2 rings (SSSR count). The monoisotopic (exact) mass is 262 g/mol. The van der Waals surface area contributed by atoms with E-state index in [0.717, 1.165) is 25.9 Å². The van der Waals surface area contributed by atoms with Crippen LogP contribution in [0.4, 0.5) is 0 Å². The van der Waals surface area contributed by atoms with Crippen molar-refractivity contribution in [1.29, 1.82) is 0 Å². The summed E-state index contributed by atoms with van der Waals surface area (Å²) in [4.78, 5) is 0. The van der Waals surface area contributed by atoms with Gasteiger partial charge >= 0.3 is 0 Å². The van der Waals surface area contributed by atoms with Crippen molar-refractivity contribution in [3.05, 3.63) is 0 Å². The number of piperidine rings is 1. The summed E-state index contributed by atoms with van der Waals surface area (Å²) in [5.74, 6) is 0.626. The number of nitrogens with one attached hydrogen (secondary N) is 1. The highest BCUT2D eigenvalue weighted by Gasteiger charge is 2.30. The lowest BCUT2D eigenvalue weighted by molar-refractivity contribution is 0.0100. The van der Waals surface area contributed by atoms with E-state index in [4.69, 9.17) is 4.74 Å². The average molecular weight is 262 g/mol. The molecule has 0 aromatic carbocycles. The van der Waals surface area contributed by atoms with Gasteiger partial charge in [-0.25, -0.2) is 8.42 Å². The molecule has 0 radical (unpaired) electrons. The van der Waals surface area contributed by atoms with Crippen molar-refractivity contribution in [2.75, 3.05) is 38.5 Å². The molecule has 1 atom stereocenters. The molecule has 0 aromatic heterocycles. The first-order valence-electron chi connectivity index (χ1n) is 6.38. The fourth-order valence-corrected chi connectivity index (χ4v) is 4.42. The van der Waals surface area contributed by atoms with Crippen LogP contribution in [0, 0.1) is 5.92 Å². The second kappa shape index (κ2) is 5.65. The van der Waals surface area contributed by atoms with Crippen LogP contribution in [0.25, 0.3) is 0 Å². The molecule has 5 nitrogen and oxygen atoms in total. The van der Waals surface area contributed by atoms with E-state index in [1.165, 1.54) is 0 Å². The summed E-state index contributed by atoms with van der Waals surface area (Å²) in [5.41, 5.74) is 0. The lowest BCUT2D eigenvalue weighted by Gasteiger charge is -2.32. The topological polar surface area (TPSA) is 58.6 Å². The fraction of sp³-hybridized carbons (Fsp3) is 1.00. The van der Waals surface area contributed by atoms with Crippen molar-refractivity contribution in [1.82, 2.24) is 9.62 Å². The van der Waals surface area contributed by atoms with Crippen LogP contribution in [0.1, 0.15) is 19.8 Å². The van der Waals surface area contributed by atoms with Crippen molar-refractivity contribution >= 4 is 10.0 Å². The molecule has 0 amide bonds. The van der Waals surface area contributed by atoms with Crippen LogP contribution in [0.5, 0.6) is 0 Å². The molecule has 0 spiro atoms. The average Bonchev–Trinajstić information content (AvgIpc) is 2.30. The van der Waals surface area contributed by atoms with E-state index in [-0.39, 0.29) is 6.10 Å². The van der Waals surface area contributed by atoms with Gasteiger partial charge in [-0.2, -0.15) is 4.31 Å². The molecular weight excluding hydrogens is 240 g/mol. The van der Waals surface area contributed by atoms with Gasteiger partial charge in [-0.3, -0.25) is 0 Å². The molecule has 17 heavy (non-hydrogen) atoms. The van der Waals surface area contributed by atoms with Crippen molar-refractivity contribution in [2.24, 2.45) is 5.92 Å². The summed E-state index contributed by atoms with van der Waals surface area (Å²) in [6.45, 7) is 5.35. The molecule has 0 bridgehead atoms. The van der Waals surface area contributed by atoms with Gasteiger partial charge in [0.15, 0.2) is 0 Å². The predicted octanol–water partition coefficient (Wildman–Crippen LogP) is 0.0365. The number of rotatable bonds is 3.